The average Bonchev–Trinajstić information content (AvgIpc) is 2.27. The third-order valence-electron chi connectivity index (χ3n) is 1.95. The van der Waals surface area contributed by atoms with Gasteiger partial charge < -0.3 is 37.3 Å². The number of rotatable bonds is 0. The summed E-state index contributed by atoms with van der Waals surface area (Å²) in [6, 6.07) is 0. The molecule has 5 nitrogen and oxygen atoms in total. The first-order valence-electron chi connectivity index (χ1n) is 5.50. The maximum atomic E-state index is 5.34. The molecular formula is C10H20ClN2O3Pt+. The predicted octanol–water partition coefficient (Wildman–Crippen LogP) is -2.20. The van der Waals surface area contributed by atoms with Crippen LogP contribution in [0.4, 0.5) is 0 Å². The minimum Gasteiger partial charge on any atom is -1.00 e. The molecule has 17 heavy (non-hydrogen) atoms. The second kappa shape index (κ2) is 16.8. The molecule has 1 rings (SSSR count). The van der Waals surface area contributed by atoms with Gasteiger partial charge in [-0.1, -0.05) is 0 Å². The summed E-state index contributed by atoms with van der Waals surface area (Å²) in [6.45, 7) is 7.00. The Morgan fingerprint density at radius 3 is 1.18 bits per heavy atom. The molecule has 0 spiro atoms. The Morgan fingerprint density at radius 2 is 0.824 bits per heavy atom. The van der Waals surface area contributed by atoms with Gasteiger partial charge in [-0.15, -0.1) is 26.2 Å². The van der Waals surface area contributed by atoms with E-state index in [4.69, 9.17) is 14.2 Å². The normalized spacial score (nSPS) is 21.2. The van der Waals surface area contributed by atoms with E-state index in [9.17, 15) is 0 Å². The van der Waals surface area contributed by atoms with E-state index in [0.717, 1.165) is 26.2 Å². The number of ether oxygens (including phenoxy) is 3. The summed E-state index contributed by atoms with van der Waals surface area (Å²) in [5, 5.41) is 8.52. The van der Waals surface area contributed by atoms with Crippen LogP contribution in [0.3, 0.4) is 0 Å². The van der Waals surface area contributed by atoms with E-state index in [0.29, 0.717) is 39.6 Å². The molecule has 0 aromatic carbocycles. The van der Waals surface area contributed by atoms with Crippen molar-refractivity contribution in [3.05, 3.63) is 10.6 Å². The summed E-state index contributed by atoms with van der Waals surface area (Å²) in [4.78, 5) is 0. The molecule has 0 aliphatic carbocycles. The molecule has 0 radical (unpaired) electrons. The Kier molecular flexibility index (Phi) is 19.8. The largest absolute Gasteiger partial charge is 4.00 e. The van der Waals surface area contributed by atoms with Gasteiger partial charge in [-0.05, 0) is 0 Å². The second-order valence-electron chi connectivity index (χ2n) is 3.18. The van der Waals surface area contributed by atoms with E-state index in [1.807, 2.05) is 0 Å². The van der Waals surface area contributed by atoms with Crippen LogP contribution in [0.25, 0.3) is 10.6 Å². The Hall–Kier alpha value is 0.778. The molecule has 0 bridgehead atoms. The van der Waals surface area contributed by atoms with Crippen LogP contribution in [0.15, 0.2) is 0 Å². The van der Waals surface area contributed by atoms with Crippen molar-refractivity contribution in [2.45, 2.75) is 0 Å². The summed E-state index contributed by atoms with van der Waals surface area (Å²) in [5.74, 6) is 0. The monoisotopic (exact) mass is 446 g/mol. The van der Waals surface area contributed by atoms with Crippen LogP contribution < -0.4 is 12.4 Å². The Bertz CT molecular complexity index is 88.1. The van der Waals surface area contributed by atoms with E-state index < -0.39 is 0 Å². The molecule has 1 heterocycles. The van der Waals surface area contributed by atoms with Gasteiger partial charge in [-0.25, -0.2) is 0 Å². The van der Waals surface area contributed by atoms with Gasteiger partial charge in [0.2, 0.25) is 0 Å². The molecule has 1 aliphatic rings. The molecule has 0 unspecified atom stereocenters. The SMILES string of the molecule is C1COCC[N-]CCOCCOCC[N-]1.[Cl-].[Pt+4]. The van der Waals surface area contributed by atoms with Crippen LogP contribution in [0, 0.1) is 0 Å². The molecule has 7 heteroatoms. The van der Waals surface area contributed by atoms with Gasteiger partial charge in [0.1, 0.15) is 0 Å². The van der Waals surface area contributed by atoms with Crippen molar-refractivity contribution in [3.63, 3.8) is 0 Å². The summed E-state index contributed by atoms with van der Waals surface area (Å²) < 4.78 is 16.0. The molecule has 0 aromatic rings. The van der Waals surface area contributed by atoms with Crippen LogP contribution in [0.5, 0.6) is 0 Å². The standard InChI is InChI=1S/C10H20N2O3.ClH.Pt/c1-5-13-6-2-12-4-8-15-10-9-14-7-3-11-1;;/h1-10H2;1H;/q-2;;+4/p-1. The first kappa shape index (κ1) is 20.1. The second-order valence-corrected chi connectivity index (χ2v) is 3.18. The molecule has 0 saturated carbocycles. The van der Waals surface area contributed by atoms with E-state index in [1.165, 1.54) is 0 Å². The van der Waals surface area contributed by atoms with Crippen LogP contribution in [-0.4, -0.2) is 65.8 Å². The van der Waals surface area contributed by atoms with E-state index in [1.54, 1.807) is 0 Å². The third kappa shape index (κ3) is 14.7. The zero-order valence-corrected chi connectivity index (χ0v) is 12.9. The molecule has 1 fully saturated rings. The maximum absolute atomic E-state index is 5.34. The van der Waals surface area contributed by atoms with Crippen LogP contribution in [-0.2, 0) is 35.3 Å². The molecule has 0 atom stereocenters. The summed E-state index contributed by atoms with van der Waals surface area (Å²) >= 11 is 0. The number of nitrogens with zero attached hydrogens (tertiary/aromatic N) is 2. The predicted molar refractivity (Wildman–Crippen MR) is 58.6 cm³/mol. The van der Waals surface area contributed by atoms with E-state index in [-0.39, 0.29) is 33.5 Å². The van der Waals surface area contributed by atoms with E-state index in [2.05, 4.69) is 10.6 Å². The van der Waals surface area contributed by atoms with Gasteiger partial charge in [0.25, 0.3) is 0 Å². The van der Waals surface area contributed by atoms with Crippen molar-refractivity contribution >= 4 is 0 Å². The first-order valence-corrected chi connectivity index (χ1v) is 5.50. The Balaban J connectivity index is 0. The molecular weight excluding hydrogens is 427 g/mol. The van der Waals surface area contributed by atoms with Crippen LogP contribution >= 0.6 is 0 Å². The van der Waals surface area contributed by atoms with Crippen molar-refractivity contribution in [3.8, 4) is 0 Å². The smallest absolute Gasteiger partial charge is 1.00 e. The zero-order valence-electron chi connectivity index (χ0n) is 9.88. The summed E-state index contributed by atoms with van der Waals surface area (Å²) in [6.07, 6.45) is 0. The topological polar surface area (TPSA) is 55.9 Å². The number of hydrogen-bond acceptors (Lipinski definition) is 3. The minimum atomic E-state index is 0. The van der Waals surface area contributed by atoms with Crippen molar-refractivity contribution in [2.24, 2.45) is 0 Å². The maximum Gasteiger partial charge on any atom is 4.00 e. The Labute approximate surface area is 124 Å². The first-order chi connectivity index (χ1) is 7.50. The fraction of sp³-hybridized carbons (Fsp3) is 1.00. The summed E-state index contributed by atoms with van der Waals surface area (Å²) in [7, 11) is 0. The summed E-state index contributed by atoms with van der Waals surface area (Å²) in [5.41, 5.74) is 0. The number of halogens is 1. The molecule has 0 N–H and O–H groups in total. The fourth-order valence-corrected chi connectivity index (χ4v) is 1.16. The fourth-order valence-electron chi connectivity index (χ4n) is 1.16. The zero-order chi connectivity index (χ0) is 10.6. The van der Waals surface area contributed by atoms with Crippen molar-refractivity contribution < 1.29 is 47.7 Å². The molecule has 104 valence electrons. The quantitative estimate of drug-likeness (QED) is 0.424. The molecule has 1 aliphatic heterocycles. The van der Waals surface area contributed by atoms with Gasteiger partial charge in [0.15, 0.2) is 0 Å². The number of hydrogen-bond donors (Lipinski definition) is 0. The minimum absolute atomic E-state index is 0. The van der Waals surface area contributed by atoms with Gasteiger partial charge in [0.05, 0.1) is 13.2 Å². The van der Waals surface area contributed by atoms with Gasteiger partial charge in [-0.3, -0.25) is 0 Å². The van der Waals surface area contributed by atoms with Gasteiger partial charge in [0, 0.05) is 26.4 Å². The average molecular weight is 447 g/mol. The molecule has 1 saturated heterocycles. The third-order valence-corrected chi connectivity index (χ3v) is 1.95. The van der Waals surface area contributed by atoms with Crippen LogP contribution in [0.2, 0.25) is 0 Å². The van der Waals surface area contributed by atoms with Gasteiger partial charge >= 0.3 is 21.1 Å². The molecule has 0 amide bonds. The Morgan fingerprint density at radius 1 is 0.529 bits per heavy atom. The van der Waals surface area contributed by atoms with Crippen molar-refractivity contribution in [1.29, 1.82) is 0 Å². The van der Waals surface area contributed by atoms with E-state index >= 15 is 0 Å². The van der Waals surface area contributed by atoms with Crippen LogP contribution in [0.1, 0.15) is 0 Å². The van der Waals surface area contributed by atoms with Gasteiger partial charge in [-0.2, -0.15) is 0 Å². The van der Waals surface area contributed by atoms with Crippen molar-refractivity contribution in [1.82, 2.24) is 0 Å². The van der Waals surface area contributed by atoms with Crippen molar-refractivity contribution in [2.75, 3.05) is 65.8 Å². The molecule has 0 aromatic heterocycles.